The molecule has 1 fully saturated rings. The minimum absolute atomic E-state index is 0.0212. The maximum absolute atomic E-state index is 10.7. The smallest absolute Gasteiger partial charge is 0.407 e. The van der Waals surface area contributed by atoms with Gasteiger partial charge in [-0.05, 0) is 0 Å². The maximum Gasteiger partial charge on any atom is 0.407 e. The van der Waals surface area contributed by atoms with Crippen LogP contribution >= 0.6 is 0 Å². The number of piperazine rings is 1. The van der Waals surface area contributed by atoms with Crippen molar-refractivity contribution in [2.24, 2.45) is 0 Å². The highest BCUT2D eigenvalue weighted by atomic mass is 16.4. The molecule has 2 N–H and O–H groups in total. The Morgan fingerprint density at radius 3 is 2.25 bits per heavy atom. The summed E-state index contributed by atoms with van der Waals surface area (Å²) in [5.41, 5.74) is 0. The van der Waals surface area contributed by atoms with Crippen LogP contribution < -0.4 is 4.90 Å². The molecule has 0 spiro atoms. The van der Waals surface area contributed by atoms with Crippen molar-refractivity contribution in [2.75, 3.05) is 31.1 Å². The van der Waals surface area contributed by atoms with Gasteiger partial charge in [0.25, 0.3) is 0 Å². The zero-order valence-electron chi connectivity index (χ0n) is 8.57. The molecule has 1 amide bonds. The van der Waals surface area contributed by atoms with Gasteiger partial charge in [0.15, 0.2) is 5.75 Å². The van der Waals surface area contributed by atoms with Crippen LogP contribution in [0.4, 0.5) is 10.7 Å². The number of anilines is 1. The van der Waals surface area contributed by atoms with Gasteiger partial charge in [-0.1, -0.05) is 0 Å². The Balaban J connectivity index is 1.99. The van der Waals surface area contributed by atoms with Gasteiger partial charge in [-0.15, -0.1) is 0 Å². The summed E-state index contributed by atoms with van der Waals surface area (Å²) in [6, 6.07) is 0. The van der Waals surface area contributed by atoms with E-state index in [2.05, 4.69) is 9.97 Å². The van der Waals surface area contributed by atoms with Gasteiger partial charge in [-0.3, -0.25) is 0 Å². The van der Waals surface area contributed by atoms with E-state index in [9.17, 15) is 4.79 Å². The van der Waals surface area contributed by atoms with Crippen LogP contribution in [0.25, 0.3) is 0 Å². The summed E-state index contributed by atoms with van der Waals surface area (Å²) >= 11 is 0. The van der Waals surface area contributed by atoms with Crippen molar-refractivity contribution in [3.05, 3.63) is 12.4 Å². The van der Waals surface area contributed by atoms with Crippen LogP contribution in [0.15, 0.2) is 12.4 Å². The van der Waals surface area contributed by atoms with Gasteiger partial charge in [0.05, 0.1) is 12.4 Å². The summed E-state index contributed by atoms with van der Waals surface area (Å²) in [4.78, 5) is 21.9. The minimum Gasteiger partial charge on any atom is -0.505 e. The summed E-state index contributed by atoms with van der Waals surface area (Å²) in [7, 11) is 0. The molecule has 2 heterocycles. The lowest BCUT2D eigenvalue weighted by atomic mass is 10.3. The molecular weight excluding hydrogens is 212 g/mol. The van der Waals surface area contributed by atoms with Crippen molar-refractivity contribution in [3.8, 4) is 5.75 Å². The van der Waals surface area contributed by atoms with Crippen molar-refractivity contribution in [1.29, 1.82) is 0 Å². The quantitative estimate of drug-likeness (QED) is 0.697. The number of rotatable bonds is 1. The van der Waals surface area contributed by atoms with Crippen LogP contribution in [0.2, 0.25) is 0 Å². The third-order valence-electron chi connectivity index (χ3n) is 2.46. The number of amides is 1. The Kier molecular flexibility index (Phi) is 2.76. The molecule has 0 aromatic carbocycles. The summed E-state index contributed by atoms with van der Waals surface area (Å²) in [6.07, 6.45) is 1.75. The lowest BCUT2D eigenvalue weighted by Gasteiger charge is -2.32. The Bertz CT molecular complexity index is 373. The molecule has 1 aliphatic rings. The van der Waals surface area contributed by atoms with Crippen molar-refractivity contribution in [1.82, 2.24) is 14.9 Å². The van der Waals surface area contributed by atoms with Gasteiger partial charge in [0.1, 0.15) is 0 Å². The second-order valence-electron chi connectivity index (χ2n) is 3.50. The van der Waals surface area contributed by atoms with Gasteiger partial charge in [-0.2, -0.15) is 0 Å². The van der Waals surface area contributed by atoms with Crippen LogP contribution in [0.3, 0.4) is 0 Å². The van der Waals surface area contributed by atoms with Crippen molar-refractivity contribution < 1.29 is 15.0 Å². The Morgan fingerprint density at radius 2 is 1.75 bits per heavy atom. The molecule has 16 heavy (non-hydrogen) atoms. The van der Waals surface area contributed by atoms with Crippen LogP contribution in [-0.4, -0.2) is 57.4 Å². The maximum atomic E-state index is 10.7. The summed E-state index contributed by atoms with van der Waals surface area (Å²) in [5.74, 6) is 0.538. The lowest BCUT2D eigenvalue weighted by molar-refractivity contribution is 0.142. The van der Waals surface area contributed by atoms with Crippen LogP contribution in [0, 0.1) is 0 Å². The molecule has 1 aliphatic heterocycles. The Labute approximate surface area is 92.0 Å². The zero-order chi connectivity index (χ0) is 11.5. The molecule has 1 aromatic heterocycles. The molecule has 0 bridgehead atoms. The third-order valence-corrected chi connectivity index (χ3v) is 2.46. The first-order chi connectivity index (χ1) is 7.66. The molecule has 0 aliphatic carbocycles. The number of aromatic nitrogens is 2. The Morgan fingerprint density at radius 1 is 1.19 bits per heavy atom. The molecule has 7 heteroatoms. The first-order valence-electron chi connectivity index (χ1n) is 4.90. The standard InChI is InChI=1S/C9H12N4O3/c14-7-5-10-8(11-6-7)12-1-3-13(4-2-12)9(15)16/h5-6,14H,1-4H2,(H,15,16). The molecule has 0 saturated carbocycles. The predicted octanol–water partition coefficient (Wildman–Crippen LogP) is -0.0178. The van der Waals surface area contributed by atoms with Crippen molar-refractivity contribution in [3.63, 3.8) is 0 Å². The topological polar surface area (TPSA) is 89.8 Å². The SMILES string of the molecule is O=C(O)N1CCN(c2ncc(O)cn2)CC1. The number of nitrogens with zero attached hydrogens (tertiary/aromatic N) is 4. The second-order valence-corrected chi connectivity index (χ2v) is 3.50. The zero-order valence-corrected chi connectivity index (χ0v) is 8.57. The highest BCUT2D eigenvalue weighted by Gasteiger charge is 2.21. The van der Waals surface area contributed by atoms with Crippen molar-refractivity contribution in [2.45, 2.75) is 0 Å². The molecule has 1 saturated heterocycles. The fraction of sp³-hybridized carbons (Fsp3) is 0.444. The fourth-order valence-corrected chi connectivity index (χ4v) is 1.58. The molecular formula is C9H12N4O3. The largest absolute Gasteiger partial charge is 0.505 e. The van der Waals surface area contributed by atoms with Crippen LogP contribution in [-0.2, 0) is 0 Å². The number of carbonyl (C=O) groups is 1. The van der Waals surface area contributed by atoms with E-state index >= 15 is 0 Å². The van der Waals surface area contributed by atoms with E-state index in [0.29, 0.717) is 32.1 Å². The number of aromatic hydroxyl groups is 1. The normalized spacial score (nSPS) is 16.2. The van der Waals surface area contributed by atoms with Gasteiger partial charge < -0.3 is 20.0 Å². The molecule has 0 atom stereocenters. The second kappa shape index (κ2) is 4.21. The van der Waals surface area contributed by atoms with Gasteiger partial charge in [-0.25, -0.2) is 14.8 Å². The predicted molar refractivity (Wildman–Crippen MR) is 55.5 cm³/mol. The third kappa shape index (κ3) is 2.13. The fourth-order valence-electron chi connectivity index (χ4n) is 1.58. The van der Waals surface area contributed by atoms with Crippen LogP contribution in [0.1, 0.15) is 0 Å². The number of carboxylic acid groups (broad SMARTS) is 1. The van der Waals surface area contributed by atoms with E-state index in [4.69, 9.17) is 10.2 Å². The van der Waals surface area contributed by atoms with Crippen molar-refractivity contribution >= 4 is 12.0 Å². The summed E-state index contributed by atoms with van der Waals surface area (Å²) in [6.45, 7) is 2.02. The lowest BCUT2D eigenvalue weighted by Crippen LogP contribution is -2.48. The van der Waals surface area contributed by atoms with Gasteiger partial charge in [0, 0.05) is 26.2 Å². The minimum atomic E-state index is -0.897. The van der Waals surface area contributed by atoms with Gasteiger partial charge in [0.2, 0.25) is 5.95 Å². The molecule has 1 aromatic rings. The number of hydrogen-bond donors (Lipinski definition) is 2. The monoisotopic (exact) mass is 224 g/mol. The Hall–Kier alpha value is -2.05. The van der Waals surface area contributed by atoms with E-state index in [1.54, 1.807) is 0 Å². The summed E-state index contributed by atoms with van der Waals surface area (Å²) < 4.78 is 0. The summed E-state index contributed by atoms with van der Waals surface area (Å²) in [5, 5.41) is 17.8. The molecule has 0 unspecified atom stereocenters. The number of hydrogen-bond acceptors (Lipinski definition) is 5. The highest BCUT2D eigenvalue weighted by molar-refractivity contribution is 5.65. The first kappa shape index (κ1) is 10.5. The average molecular weight is 224 g/mol. The molecule has 7 nitrogen and oxygen atoms in total. The van der Waals surface area contributed by atoms with Crippen LogP contribution in [0.5, 0.6) is 5.75 Å². The highest BCUT2D eigenvalue weighted by Crippen LogP contribution is 2.12. The van der Waals surface area contributed by atoms with E-state index in [1.165, 1.54) is 17.3 Å². The first-order valence-corrected chi connectivity index (χ1v) is 4.90. The van der Waals surface area contributed by atoms with E-state index in [-0.39, 0.29) is 5.75 Å². The van der Waals surface area contributed by atoms with E-state index in [0.717, 1.165) is 0 Å². The molecule has 2 rings (SSSR count). The van der Waals surface area contributed by atoms with E-state index in [1.807, 2.05) is 4.90 Å². The van der Waals surface area contributed by atoms with E-state index < -0.39 is 6.09 Å². The average Bonchev–Trinajstić information content (AvgIpc) is 2.30. The van der Waals surface area contributed by atoms with Gasteiger partial charge >= 0.3 is 6.09 Å². The molecule has 0 radical (unpaired) electrons. The molecule has 86 valence electrons.